The van der Waals surface area contributed by atoms with Gasteiger partial charge in [0.25, 0.3) is 5.91 Å². The van der Waals surface area contributed by atoms with Crippen molar-refractivity contribution in [2.24, 2.45) is 0 Å². The Morgan fingerprint density at radius 2 is 1.82 bits per heavy atom. The van der Waals surface area contributed by atoms with Crippen LogP contribution in [0.4, 0.5) is 4.79 Å². The minimum Gasteiger partial charge on any atom is -0.444 e. The lowest BCUT2D eigenvalue weighted by Gasteiger charge is -2.23. The zero-order valence-corrected chi connectivity index (χ0v) is 13.8. The van der Waals surface area contributed by atoms with Crippen LogP contribution in [0.5, 0.6) is 0 Å². The SMILES string of the molecule is CCC(CCNC(=O)c1ccccc1)NC(=O)OC(C)(C)C. The van der Waals surface area contributed by atoms with Crippen LogP contribution in [0.25, 0.3) is 0 Å². The van der Waals surface area contributed by atoms with Gasteiger partial charge >= 0.3 is 6.09 Å². The molecule has 0 bridgehead atoms. The number of carbonyl (C=O) groups is 2. The third-order valence-electron chi connectivity index (χ3n) is 3.03. The molecule has 0 saturated carbocycles. The minimum atomic E-state index is -0.510. The van der Waals surface area contributed by atoms with Crippen molar-refractivity contribution in [2.75, 3.05) is 6.54 Å². The van der Waals surface area contributed by atoms with Gasteiger partial charge in [-0.1, -0.05) is 25.1 Å². The second kappa shape index (κ2) is 8.41. The van der Waals surface area contributed by atoms with E-state index in [1.807, 2.05) is 45.9 Å². The molecule has 2 N–H and O–H groups in total. The first kappa shape index (κ1) is 18.0. The number of benzene rings is 1. The maximum Gasteiger partial charge on any atom is 0.407 e. The van der Waals surface area contributed by atoms with Gasteiger partial charge in [-0.3, -0.25) is 4.79 Å². The molecule has 1 aromatic rings. The molecular formula is C17H26N2O3. The van der Waals surface area contributed by atoms with Crippen molar-refractivity contribution in [3.05, 3.63) is 35.9 Å². The second-order valence-corrected chi connectivity index (χ2v) is 6.16. The molecule has 0 saturated heterocycles. The number of amides is 2. The highest BCUT2D eigenvalue weighted by Gasteiger charge is 2.18. The van der Waals surface area contributed by atoms with E-state index >= 15 is 0 Å². The first-order valence-electron chi connectivity index (χ1n) is 7.64. The molecule has 0 aliphatic heterocycles. The summed E-state index contributed by atoms with van der Waals surface area (Å²) in [5.41, 5.74) is 0.125. The van der Waals surface area contributed by atoms with Gasteiger partial charge in [0.05, 0.1) is 0 Å². The molecule has 0 aromatic heterocycles. The highest BCUT2D eigenvalue weighted by atomic mass is 16.6. The molecule has 5 nitrogen and oxygen atoms in total. The smallest absolute Gasteiger partial charge is 0.407 e. The van der Waals surface area contributed by atoms with E-state index in [2.05, 4.69) is 10.6 Å². The van der Waals surface area contributed by atoms with Crippen LogP contribution < -0.4 is 10.6 Å². The van der Waals surface area contributed by atoms with Crippen LogP contribution in [0.2, 0.25) is 0 Å². The number of nitrogens with one attached hydrogen (secondary N) is 2. The first-order chi connectivity index (χ1) is 10.3. The summed E-state index contributed by atoms with van der Waals surface area (Å²) in [6.07, 6.45) is 1.02. The predicted octanol–water partition coefficient (Wildman–Crippen LogP) is 3.11. The summed E-state index contributed by atoms with van der Waals surface area (Å²) in [7, 11) is 0. The summed E-state index contributed by atoms with van der Waals surface area (Å²) in [6.45, 7) is 7.97. The molecular weight excluding hydrogens is 280 g/mol. The van der Waals surface area contributed by atoms with Crippen LogP contribution in [0.15, 0.2) is 30.3 Å². The molecule has 0 spiro atoms. The van der Waals surface area contributed by atoms with Crippen molar-refractivity contribution in [1.82, 2.24) is 10.6 Å². The fourth-order valence-electron chi connectivity index (χ4n) is 1.90. The Morgan fingerprint density at radius 3 is 2.36 bits per heavy atom. The van der Waals surface area contributed by atoms with Crippen molar-refractivity contribution in [3.8, 4) is 0 Å². The molecule has 0 aliphatic carbocycles. The van der Waals surface area contributed by atoms with E-state index in [1.54, 1.807) is 12.1 Å². The average molecular weight is 306 g/mol. The van der Waals surface area contributed by atoms with Gasteiger partial charge in [0.2, 0.25) is 0 Å². The summed E-state index contributed by atoms with van der Waals surface area (Å²) in [5.74, 6) is -0.104. The molecule has 2 amide bonds. The highest BCUT2D eigenvalue weighted by Crippen LogP contribution is 2.08. The molecule has 122 valence electrons. The third kappa shape index (κ3) is 7.11. The summed E-state index contributed by atoms with van der Waals surface area (Å²) in [6, 6.07) is 9.04. The molecule has 1 unspecified atom stereocenters. The summed E-state index contributed by atoms with van der Waals surface area (Å²) >= 11 is 0. The van der Waals surface area contributed by atoms with Gasteiger partial charge in [-0.15, -0.1) is 0 Å². The highest BCUT2D eigenvalue weighted by molar-refractivity contribution is 5.94. The Labute approximate surface area is 132 Å². The van der Waals surface area contributed by atoms with Crippen molar-refractivity contribution in [3.63, 3.8) is 0 Å². The fraction of sp³-hybridized carbons (Fsp3) is 0.529. The molecule has 0 aliphatic rings. The van der Waals surface area contributed by atoms with Crippen LogP contribution >= 0.6 is 0 Å². The van der Waals surface area contributed by atoms with Gasteiger partial charge in [-0.25, -0.2) is 4.79 Å². The van der Waals surface area contributed by atoms with Gasteiger partial charge < -0.3 is 15.4 Å². The Balaban J connectivity index is 2.35. The lowest BCUT2D eigenvalue weighted by atomic mass is 10.1. The number of ether oxygens (including phenoxy) is 1. The lowest BCUT2D eigenvalue weighted by molar-refractivity contribution is 0.0501. The third-order valence-corrected chi connectivity index (χ3v) is 3.03. The number of rotatable bonds is 6. The predicted molar refractivity (Wildman–Crippen MR) is 86.8 cm³/mol. The Kier molecular flexibility index (Phi) is 6.89. The van der Waals surface area contributed by atoms with Crippen molar-refractivity contribution in [2.45, 2.75) is 52.2 Å². The Bertz CT molecular complexity index is 480. The molecule has 1 aromatic carbocycles. The zero-order valence-electron chi connectivity index (χ0n) is 13.8. The fourth-order valence-corrected chi connectivity index (χ4v) is 1.90. The number of carbonyl (C=O) groups excluding carboxylic acids is 2. The average Bonchev–Trinajstić information content (AvgIpc) is 2.45. The standard InChI is InChI=1S/C17H26N2O3/c1-5-14(19-16(21)22-17(2,3)4)11-12-18-15(20)13-9-7-6-8-10-13/h6-10,14H,5,11-12H2,1-4H3,(H,18,20)(H,19,21). The molecule has 0 fully saturated rings. The normalized spacial score (nSPS) is 12.4. The van der Waals surface area contributed by atoms with E-state index in [4.69, 9.17) is 4.74 Å². The van der Waals surface area contributed by atoms with Crippen LogP contribution in [0, 0.1) is 0 Å². The number of alkyl carbamates (subject to hydrolysis) is 1. The van der Waals surface area contributed by atoms with Crippen molar-refractivity contribution in [1.29, 1.82) is 0 Å². The van der Waals surface area contributed by atoms with Gasteiger partial charge in [0, 0.05) is 18.2 Å². The quantitative estimate of drug-likeness (QED) is 0.848. The van der Waals surface area contributed by atoms with Gasteiger partial charge in [0.15, 0.2) is 0 Å². The molecule has 1 atom stereocenters. The maximum absolute atomic E-state index is 11.9. The maximum atomic E-state index is 11.9. The lowest BCUT2D eigenvalue weighted by Crippen LogP contribution is -2.40. The van der Waals surface area contributed by atoms with E-state index in [0.717, 1.165) is 6.42 Å². The van der Waals surface area contributed by atoms with Crippen LogP contribution in [-0.2, 0) is 4.74 Å². The summed E-state index contributed by atoms with van der Waals surface area (Å²) < 4.78 is 5.23. The Hall–Kier alpha value is -2.04. The molecule has 1 rings (SSSR count). The largest absolute Gasteiger partial charge is 0.444 e. The first-order valence-corrected chi connectivity index (χ1v) is 7.64. The summed E-state index contributed by atoms with van der Waals surface area (Å²) in [4.78, 5) is 23.6. The summed E-state index contributed by atoms with van der Waals surface area (Å²) in [5, 5.41) is 5.68. The molecule has 0 radical (unpaired) electrons. The number of hydrogen-bond donors (Lipinski definition) is 2. The second-order valence-electron chi connectivity index (χ2n) is 6.16. The van der Waals surface area contributed by atoms with E-state index in [0.29, 0.717) is 18.5 Å². The van der Waals surface area contributed by atoms with Crippen LogP contribution in [-0.4, -0.2) is 30.2 Å². The van der Waals surface area contributed by atoms with E-state index in [1.165, 1.54) is 0 Å². The number of hydrogen-bond acceptors (Lipinski definition) is 3. The van der Waals surface area contributed by atoms with E-state index in [9.17, 15) is 9.59 Å². The minimum absolute atomic E-state index is 0.0223. The zero-order chi connectivity index (χ0) is 16.6. The molecule has 0 heterocycles. The van der Waals surface area contributed by atoms with Crippen molar-refractivity contribution >= 4 is 12.0 Å². The molecule has 22 heavy (non-hydrogen) atoms. The Morgan fingerprint density at radius 1 is 1.18 bits per heavy atom. The van der Waals surface area contributed by atoms with Crippen molar-refractivity contribution < 1.29 is 14.3 Å². The van der Waals surface area contributed by atoms with Crippen LogP contribution in [0.3, 0.4) is 0 Å². The van der Waals surface area contributed by atoms with Gasteiger partial charge in [-0.05, 0) is 45.7 Å². The topological polar surface area (TPSA) is 67.4 Å². The molecule has 5 heteroatoms. The van der Waals surface area contributed by atoms with Gasteiger partial charge in [0.1, 0.15) is 5.60 Å². The van der Waals surface area contributed by atoms with Gasteiger partial charge in [-0.2, -0.15) is 0 Å². The monoisotopic (exact) mass is 306 g/mol. The van der Waals surface area contributed by atoms with E-state index < -0.39 is 11.7 Å². The van der Waals surface area contributed by atoms with Crippen LogP contribution in [0.1, 0.15) is 50.9 Å². The van der Waals surface area contributed by atoms with E-state index in [-0.39, 0.29) is 11.9 Å².